The van der Waals surface area contributed by atoms with Gasteiger partial charge in [-0.3, -0.25) is 9.69 Å². The lowest BCUT2D eigenvalue weighted by molar-refractivity contribution is 0.0710. The van der Waals surface area contributed by atoms with Gasteiger partial charge in [0.25, 0.3) is 5.91 Å². The number of carbonyl (C=O) groups excluding carboxylic acids is 1. The molecule has 5 rings (SSSR count). The number of para-hydroxylation sites is 1. The zero-order valence-electron chi connectivity index (χ0n) is 23.6. The molecule has 1 fully saturated rings. The van der Waals surface area contributed by atoms with E-state index in [-0.39, 0.29) is 11.3 Å². The van der Waals surface area contributed by atoms with Crippen LogP contribution in [0, 0.1) is 0 Å². The monoisotopic (exact) mass is 555 g/mol. The van der Waals surface area contributed by atoms with Gasteiger partial charge in [-0.2, -0.15) is 0 Å². The summed E-state index contributed by atoms with van der Waals surface area (Å²) in [6, 6.07) is 31.0. The summed E-state index contributed by atoms with van der Waals surface area (Å²) in [6.07, 6.45) is 0. The van der Waals surface area contributed by atoms with E-state index in [4.69, 9.17) is 16.0 Å². The average Bonchev–Trinajstić information content (AvgIpc) is 3.42. The SMILES string of the molecule is CC(C)(C)c1ccc(CN(Cc2ccccc2)Cc2ccc(C(=O)N3CCN(c4ccccc4Cl)CC3)o2)cc1. The van der Waals surface area contributed by atoms with Crippen molar-refractivity contribution in [3.63, 3.8) is 0 Å². The highest BCUT2D eigenvalue weighted by Gasteiger charge is 2.25. The summed E-state index contributed by atoms with van der Waals surface area (Å²) in [5.41, 5.74) is 4.97. The van der Waals surface area contributed by atoms with E-state index in [0.29, 0.717) is 25.4 Å². The Bertz CT molecular complexity index is 1400. The zero-order chi connectivity index (χ0) is 28.1. The highest BCUT2D eigenvalue weighted by Crippen LogP contribution is 2.27. The topological polar surface area (TPSA) is 39.9 Å². The van der Waals surface area contributed by atoms with Crippen molar-refractivity contribution in [2.75, 3.05) is 31.1 Å². The second-order valence-electron chi connectivity index (χ2n) is 11.6. The van der Waals surface area contributed by atoms with E-state index < -0.39 is 0 Å². The van der Waals surface area contributed by atoms with E-state index in [2.05, 4.69) is 79.1 Å². The molecule has 1 saturated heterocycles. The largest absolute Gasteiger partial charge is 0.455 e. The molecule has 0 saturated carbocycles. The Morgan fingerprint density at radius 3 is 2.05 bits per heavy atom. The second kappa shape index (κ2) is 12.3. The van der Waals surface area contributed by atoms with Gasteiger partial charge in [0.05, 0.1) is 17.3 Å². The van der Waals surface area contributed by atoms with Crippen molar-refractivity contribution in [3.05, 3.63) is 124 Å². The normalized spacial score (nSPS) is 14.1. The Hall–Kier alpha value is -3.54. The van der Waals surface area contributed by atoms with E-state index in [1.807, 2.05) is 47.4 Å². The van der Waals surface area contributed by atoms with Gasteiger partial charge >= 0.3 is 0 Å². The molecule has 1 aliphatic rings. The summed E-state index contributed by atoms with van der Waals surface area (Å²) < 4.78 is 6.13. The van der Waals surface area contributed by atoms with Crippen LogP contribution in [0.2, 0.25) is 5.02 Å². The van der Waals surface area contributed by atoms with Crippen LogP contribution in [0.15, 0.2) is 95.4 Å². The van der Waals surface area contributed by atoms with Gasteiger partial charge in [-0.1, -0.05) is 99.1 Å². The number of hydrogen-bond donors (Lipinski definition) is 0. The summed E-state index contributed by atoms with van der Waals surface area (Å²) in [5.74, 6) is 1.13. The summed E-state index contributed by atoms with van der Waals surface area (Å²) in [5, 5.41) is 0.739. The summed E-state index contributed by atoms with van der Waals surface area (Å²) in [6.45, 7) is 11.6. The number of amides is 1. The molecule has 6 heteroatoms. The van der Waals surface area contributed by atoms with Crippen LogP contribution >= 0.6 is 11.6 Å². The van der Waals surface area contributed by atoms with Crippen molar-refractivity contribution >= 4 is 23.2 Å². The molecule has 0 radical (unpaired) electrons. The molecule has 5 nitrogen and oxygen atoms in total. The lowest BCUT2D eigenvalue weighted by atomic mass is 9.87. The zero-order valence-corrected chi connectivity index (χ0v) is 24.4. The van der Waals surface area contributed by atoms with Gasteiger partial charge in [0.1, 0.15) is 5.76 Å². The van der Waals surface area contributed by atoms with Crippen molar-refractivity contribution in [2.24, 2.45) is 0 Å². The standard InChI is InChI=1S/C34H38ClN3O2/c1-34(2,3)28-15-13-27(14-16-28)24-36(23-26-9-5-4-6-10-26)25-29-17-18-32(40-29)33(39)38-21-19-37(20-22-38)31-12-8-7-11-30(31)35/h4-18H,19-25H2,1-3H3. The number of rotatable bonds is 8. The Labute approximate surface area is 243 Å². The minimum atomic E-state index is -0.0579. The fraction of sp³-hybridized carbons (Fsp3) is 0.324. The van der Waals surface area contributed by atoms with E-state index >= 15 is 0 Å². The van der Waals surface area contributed by atoms with Crippen molar-refractivity contribution in [2.45, 2.75) is 45.8 Å². The molecule has 40 heavy (non-hydrogen) atoms. The molecule has 4 aromatic rings. The summed E-state index contributed by atoms with van der Waals surface area (Å²) in [7, 11) is 0. The Balaban J connectivity index is 1.24. The number of hydrogen-bond acceptors (Lipinski definition) is 4. The molecule has 0 aliphatic carbocycles. The van der Waals surface area contributed by atoms with Gasteiger partial charge in [0, 0.05) is 39.3 Å². The predicted molar refractivity (Wildman–Crippen MR) is 163 cm³/mol. The molecule has 208 valence electrons. The van der Waals surface area contributed by atoms with Gasteiger partial charge in [-0.05, 0) is 46.4 Å². The molecule has 1 aromatic heterocycles. The maximum absolute atomic E-state index is 13.3. The number of anilines is 1. The van der Waals surface area contributed by atoms with E-state index in [0.717, 1.165) is 42.6 Å². The fourth-order valence-electron chi connectivity index (χ4n) is 5.19. The minimum absolute atomic E-state index is 0.0579. The maximum atomic E-state index is 13.3. The minimum Gasteiger partial charge on any atom is -0.455 e. The van der Waals surface area contributed by atoms with Crippen molar-refractivity contribution in [3.8, 4) is 0 Å². The highest BCUT2D eigenvalue weighted by atomic mass is 35.5. The molecule has 3 aromatic carbocycles. The third-order valence-electron chi connectivity index (χ3n) is 7.49. The van der Waals surface area contributed by atoms with E-state index in [1.54, 1.807) is 0 Å². The smallest absolute Gasteiger partial charge is 0.289 e. The van der Waals surface area contributed by atoms with E-state index in [1.165, 1.54) is 16.7 Å². The van der Waals surface area contributed by atoms with Gasteiger partial charge in [0.15, 0.2) is 5.76 Å². The second-order valence-corrected chi connectivity index (χ2v) is 12.0. The lowest BCUT2D eigenvalue weighted by Crippen LogP contribution is -2.48. The molecule has 1 amide bonds. The quantitative estimate of drug-likeness (QED) is 0.227. The van der Waals surface area contributed by atoms with Crippen LogP contribution in [0.25, 0.3) is 0 Å². The highest BCUT2D eigenvalue weighted by molar-refractivity contribution is 6.33. The first-order valence-electron chi connectivity index (χ1n) is 14.0. The first-order chi connectivity index (χ1) is 19.3. The van der Waals surface area contributed by atoms with Crippen LogP contribution in [0.4, 0.5) is 5.69 Å². The number of piperazine rings is 1. The van der Waals surface area contributed by atoms with Gasteiger partial charge in [-0.15, -0.1) is 0 Å². The molecule has 1 aliphatic heterocycles. The molecule has 0 atom stereocenters. The third kappa shape index (κ3) is 6.96. The van der Waals surface area contributed by atoms with E-state index in [9.17, 15) is 4.79 Å². The van der Waals surface area contributed by atoms with Crippen LogP contribution < -0.4 is 4.90 Å². The van der Waals surface area contributed by atoms with Crippen LogP contribution in [0.3, 0.4) is 0 Å². The summed E-state index contributed by atoms with van der Waals surface area (Å²) in [4.78, 5) is 19.7. The Morgan fingerprint density at radius 1 is 0.775 bits per heavy atom. The maximum Gasteiger partial charge on any atom is 0.289 e. The Kier molecular flexibility index (Phi) is 8.63. The predicted octanol–water partition coefficient (Wildman–Crippen LogP) is 7.40. The number of nitrogens with zero attached hydrogens (tertiary/aromatic N) is 3. The van der Waals surface area contributed by atoms with Crippen molar-refractivity contribution < 1.29 is 9.21 Å². The first-order valence-corrected chi connectivity index (χ1v) is 14.4. The van der Waals surface area contributed by atoms with Crippen LogP contribution in [-0.4, -0.2) is 41.9 Å². The molecule has 0 unspecified atom stereocenters. The van der Waals surface area contributed by atoms with Crippen LogP contribution in [0.5, 0.6) is 0 Å². The fourth-order valence-corrected chi connectivity index (χ4v) is 5.45. The molecule has 2 heterocycles. The van der Waals surface area contributed by atoms with Crippen LogP contribution in [0.1, 0.15) is 53.8 Å². The van der Waals surface area contributed by atoms with Crippen molar-refractivity contribution in [1.29, 1.82) is 0 Å². The number of halogens is 1. The van der Waals surface area contributed by atoms with Crippen LogP contribution in [-0.2, 0) is 25.0 Å². The summed E-state index contributed by atoms with van der Waals surface area (Å²) >= 11 is 6.38. The molecule has 0 N–H and O–H groups in total. The van der Waals surface area contributed by atoms with Gasteiger partial charge in [0.2, 0.25) is 0 Å². The first kappa shape index (κ1) is 28.0. The lowest BCUT2D eigenvalue weighted by Gasteiger charge is -2.36. The van der Waals surface area contributed by atoms with Crippen molar-refractivity contribution in [1.82, 2.24) is 9.80 Å². The number of furan rings is 1. The molecule has 0 spiro atoms. The third-order valence-corrected chi connectivity index (χ3v) is 7.81. The molecular weight excluding hydrogens is 518 g/mol. The molecular formula is C34H38ClN3O2. The Morgan fingerprint density at radius 2 is 1.40 bits per heavy atom. The average molecular weight is 556 g/mol. The molecule has 0 bridgehead atoms. The number of benzene rings is 3. The number of carbonyl (C=O) groups is 1. The van der Waals surface area contributed by atoms with Gasteiger partial charge in [-0.25, -0.2) is 0 Å². The van der Waals surface area contributed by atoms with Gasteiger partial charge < -0.3 is 14.2 Å².